The third-order valence-electron chi connectivity index (χ3n) is 13.5. The Morgan fingerprint density at radius 2 is 0.812 bits per heavy atom. The van der Waals surface area contributed by atoms with Gasteiger partial charge in [0.15, 0.2) is 0 Å². The van der Waals surface area contributed by atoms with Crippen molar-refractivity contribution < 1.29 is 0 Å². The van der Waals surface area contributed by atoms with Crippen molar-refractivity contribution in [1.29, 1.82) is 0 Å². The molecule has 0 saturated carbocycles. The second-order valence-electron chi connectivity index (χ2n) is 17.4. The molecule has 1 unspecified atom stereocenters. The molecule has 9 aromatic carbocycles. The van der Waals surface area contributed by atoms with Crippen molar-refractivity contribution in [2.24, 2.45) is 5.92 Å². The topological polar surface area (TPSA) is 14.8 Å². The van der Waals surface area contributed by atoms with Crippen LogP contribution in [0.1, 0.15) is 13.3 Å². The number of fused-ring (bicyclic) bond motifs is 9. The quantitative estimate of drug-likeness (QED) is 0.159. The van der Waals surface area contributed by atoms with Crippen molar-refractivity contribution >= 4 is 66.7 Å². The summed E-state index contributed by atoms with van der Waals surface area (Å²) in [5.74, 6) is 0.475. The number of rotatable bonds is 6. The average molecular weight is 818 g/mol. The molecular formula is C61H43N3. The molecule has 3 heterocycles. The number of aromatic nitrogens is 3. The summed E-state index contributed by atoms with van der Waals surface area (Å²) in [6.45, 7) is 2.33. The van der Waals surface area contributed by atoms with Gasteiger partial charge in [0.05, 0.1) is 27.6 Å². The highest BCUT2D eigenvalue weighted by Crippen LogP contribution is 2.41. The fourth-order valence-electron chi connectivity index (χ4n) is 10.5. The lowest BCUT2D eigenvalue weighted by atomic mass is 9.98. The van der Waals surface area contributed by atoms with E-state index in [0.717, 1.165) is 17.8 Å². The van der Waals surface area contributed by atoms with Gasteiger partial charge in [0.1, 0.15) is 0 Å². The Balaban J connectivity index is 1.03. The zero-order valence-electron chi connectivity index (χ0n) is 35.5. The van der Waals surface area contributed by atoms with Gasteiger partial charge in [-0.25, -0.2) is 0 Å². The Morgan fingerprint density at radius 1 is 0.328 bits per heavy atom. The van der Waals surface area contributed by atoms with Crippen LogP contribution in [0.15, 0.2) is 212 Å². The number of hydrogen-bond acceptors (Lipinski definition) is 0. The SMILES string of the molecule is CC1C=c2c(n(-c3ccc(-c4ccccc4)cc3)c3ccc(-c4ccc5c(c4)c4cc6c7ccccc7n(-c7ccccc7)c6cc4n5-c4cccc(-c5ccccc5)c4)cc23)=CC1. The molecule has 0 saturated heterocycles. The van der Waals surface area contributed by atoms with Crippen LogP contribution in [-0.2, 0) is 0 Å². The van der Waals surface area contributed by atoms with Gasteiger partial charge in [-0.2, -0.15) is 0 Å². The maximum atomic E-state index is 2.48. The van der Waals surface area contributed by atoms with E-state index in [2.05, 4.69) is 245 Å². The van der Waals surface area contributed by atoms with Gasteiger partial charge in [-0.1, -0.05) is 153 Å². The first-order valence-corrected chi connectivity index (χ1v) is 22.4. The molecule has 1 aliphatic carbocycles. The smallest absolute Gasteiger partial charge is 0.0562 e. The third-order valence-corrected chi connectivity index (χ3v) is 13.5. The minimum Gasteiger partial charge on any atom is -0.310 e. The monoisotopic (exact) mass is 817 g/mol. The van der Waals surface area contributed by atoms with Gasteiger partial charge in [0.2, 0.25) is 0 Å². The first-order valence-electron chi connectivity index (χ1n) is 22.4. The average Bonchev–Trinajstić information content (AvgIpc) is 3.98. The summed E-state index contributed by atoms with van der Waals surface area (Å²) in [5, 5.41) is 8.89. The molecule has 0 bridgehead atoms. The van der Waals surface area contributed by atoms with Crippen molar-refractivity contribution in [1.82, 2.24) is 13.7 Å². The molecule has 0 amide bonds. The van der Waals surface area contributed by atoms with Crippen LogP contribution in [0.2, 0.25) is 0 Å². The van der Waals surface area contributed by atoms with Gasteiger partial charge >= 0.3 is 0 Å². The van der Waals surface area contributed by atoms with E-state index < -0.39 is 0 Å². The normalized spacial score (nSPS) is 13.7. The maximum Gasteiger partial charge on any atom is 0.0562 e. The number of para-hydroxylation sites is 2. The number of nitrogens with zero attached hydrogens (tertiary/aromatic N) is 3. The highest BCUT2D eigenvalue weighted by molar-refractivity contribution is 6.19. The van der Waals surface area contributed by atoms with Crippen LogP contribution in [0.5, 0.6) is 0 Å². The molecule has 64 heavy (non-hydrogen) atoms. The number of benzene rings is 9. The van der Waals surface area contributed by atoms with Gasteiger partial charge in [-0.15, -0.1) is 0 Å². The van der Waals surface area contributed by atoms with E-state index in [-0.39, 0.29) is 0 Å². The fourth-order valence-corrected chi connectivity index (χ4v) is 10.5. The Labute approximate surface area is 371 Å². The highest BCUT2D eigenvalue weighted by Gasteiger charge is 2.20. The highest BCUT2D eigenvalue weighted by atomic mass is 15.0. The molecule has 0 N–H and O–H groups in total. The van der Waals surface area contributed by atoms with E-state index in [4.69, 9.17) is 0 Å². The van der Waals surface area contributed by atoms with Crippen molar-refractivity contribution in [3.05, 3.63) is 223 Å². The maximum absolute atomic E-state index is 2.48. The zero-order chi connectivity index (χ0) is 42.3. The molecule has 1 atom stereocenters. The molecule has 1 aliphatic rings. The van der Waals surface area contributed by atoms with E-state index in [1.807, 2.05) is 0 Å². The standard InChI is InChI=1S/C61H43N3/c1-40-24-31-57-51(34-40)52-36-45(27-32-58(52)62(57)48-29-25-43(26-30-48)41-14-5-2-6-15-41)46-28-33-59-53(37-46)55-38-54-50-22-11-12-23-56(50)63(47-19-9-4-10-20-47)60(54)39-61(55)64(59)49-21-13-18-44(35-49)42-16-7-3-8-17-42/h2-23,25-40H,24H2,1H3. The molecule has 0 aliphatic heterocycles. The van der Waals surface area contributed by atoms with Crippen molar-refractivity contribution in [3.63, 3.8) is 0 Å². The molecule has 0 spiro atoms. The molecule has 0 radical (unpaired) electrons. The summed E-state index contributed by atoms with van der Waals surface area (Å²) in [7, 11) is 0. The van der Waals surface area contributed by atoms with Crippen molar-refractivity contribution in [2.45, 2.75) is 13.3 Å². The number of hydrogen-bond donors (Lipinski definition) is 0. The van der Waals surface area contributed by atoms with Gasteiger partial charge in [-0.05, 0) is 125 Å². The van der Waals surface area contributed by atoms with E-state index in [9.17, 15) is 0 Å². The van der Waals surface area contributed by atoms with E-state index in [0.29, 0.717) is 5.92 Å². The predicted molar refractivity (Wildman–Crippen MR) is 270 cm³/mol. The lowest BCUT2D eigenvalue weighted by Crippen LogP contribution is -2.31. The van der Waals surface area contributed by atoms with Crippen LogP contribution in [0, 0.1) is 5.92 Å². The third kappa shape index (κ3) is 5.74. The second-order valence-corrected chi connectivity index (χ2v) is 17.4. The zero-order valence-corrected chi connectivity index (χ0v) is 35.5. The van der Waals surface area contributed by atoms with Crippen molar-refractivity contribution in [3.8, 4) is 50.4 Å². The van der Waals surface area contributed by atoms with Crippen LogP contribution in [0.3, 0.4) is 0 Å². The van der Waals surface area contributed by atoms with E-state index in [1.165, 1.54) is 104 Å². The summed E-state index contributed by atoms with van der Waals surface area (Å²) in [6, 6.07) is 78.1. The summed E-state index contributed by atoms with van der Waals surface area (Å²) in [6.07, 6.45) is 5.95. The van der Waals surface area contributed by atoms with Gasteiger partial charge in [0, 0.05) is 54.6 Å². The fraction of sp³-hybridized carbons (Fsp3) is 0.0492. The Morgan fingerprint density at radius 3 is 1.55 bits per heavy atom. The van der Waals surface area contributed by atoms with Gasteiger partial charge in [-0.3, -0.25) is 0 Å². The van der Waals surface area contributed by atoms with Gasteiger partial charge < -0.3 is 13.7 Å². The first-order chi connectivity index (χ1) is 31.6. The lowest BCUT2D eigenvalue weighted by molar-refractivity contribution is 0.795. The second kappa shape index (κ2) is 14.5. The minimum absolute atomic E-state index is 0.475. The van der Waals surface area contributed by atoms with Crippen LogP contribution in [-0.4, -0.2) is 13.7 Å². The Bertz CT molecular complexity index is 3910. The summed E-state index contributed by atoms with van der Waals surface area (Å²) in [5.41, 5.74) is 16.8. The molecular weight excluding hydrogens is 775 g/mol. The Kier molecular flexibility index (Phi) is 8.26. The van der Waals surface area contributed by atoms with Crippen LogP contribution in [0.25, 0.3) is 117 Å². The summed E-state index contributed by atoms with van der Waals surface area (Å²) < 4.78 is 7.36. The minimum atomic E-state index is 0.475. The lowest BCUT2D eigenvalue weighted by Gasteiger charge is -2.12. The van der Waals surface area contributed by atoms with Crippen molar-refractivity contribution in [2.75, 3.05) is 0 Å². The summed E-state index contributed by atoms with van der Waals surface area (Å²) >= 11 is 0. The van der Waals surface area contributed by atoms with Crippen LogP contribution < -0.4 is 10.6 Å². The molecule has 3 nitrogen and oxygen atoms in total. The Hall–Kier alpha value is -8.14. The van der Waals surface area contributed by atoms with E-state index in [1.54, 1.807) is 0 Å². The molecule has 13 rings (SSSR count). The molecule has 12 aromatic rings. The molecule has 3 heteroatoms. The molecule has 0 fully saturated rings. The molecule has 302 valence electrons. The van der Waals surface area contributed by atoms with Gasteiger partial charge in [0.25, 0.3) is 0 Å². The molecule has 3 aromatic heterocycles. The predicted octanol–water partition coefficient (Wildman–Crippen LogP) is 14.4. The van der Waals surface area contributed by atoms with E-state index >= 15 is 0 Å². The first kappa shape index (κ1) is 36.5. The summed E-state index contributed by atoms with van der Waals surface area (Å²) in [4.78, 5) is 0. The largest absolute Gasteiger partial charge is 0.310 e. The van der Waals surface area contributed by atoms with Crippen LogP contribution in [0.4, 0.5) is 0 Å². The van der Waals surface area contributed by atoms with Crippen LogP contribution >= 0.6 is 0 Å².